The van der Waals surface area contributed by atoms with Gasteiger partial charge in [0.2, 0.25) is 11.8 Å². The lowest BCUT2D eigenvalue weighted by molar-refractivity contribution is -0.140. The van der Waals surface area contributed by atoms with Crippen LogP contribution in [0.3, 0.4) is 0 Å². The number of hydrogen-bond donors (Lipinski definition) is 1. The first-order valence-electron chi connectivity index (χ1n) is 13.5. The van der Waals surface area contributed by atoms with Crippen molar-refractivity contribution in [2.75, 3.05) is 24.5 Å². The average molecular weight is 600 g/mol. The Kier molecular flexibility index (Phi) is 11.2. The van der Waals surface area contributed by atoms with E-state index in [1.807, 2.05) is 52.0 Å². The predicted molar refractivity (Wildman–Crippen MR) is 163 cm³/mol. The van der Waals surface area contributed by atoms with Gasteiger partial charge in [0.15, 0.2) is 0 Å². The zero-order valence-corrected chi connectivity index (χ0v) is 25.7. The van der Waals surface area contributed by atoms with Crippen LogP contribution in [0.15, 0.2) is 77.7 Å². The lowest BCUT2D eigenvalue weighted by Gasteiger charge is -2.33. The Bertz CT molecular complexity index is 1440. The van der Waals surface area contributed by atoms with Gasteiger partial charge in [-0.2, -0.15) is 0 Å². The number of anilines is 1. The number of ether oxygens (including phenoxy) is 1. The number of benzene rings is 3. The Morgan fingerprint density at radius 2 is 1.68 bits per heavy atom. The van der Waals surface area contributed by atoms with Crippen LogP contribution in [0.5, 0.6) is 5.75 Å². The summed E-state index contributed by atoms with van der Waals surface area (Å²) in [6, 6.07) is 19.1. The number of nitrogens with one attached hydrogen (secondary N) is 1. The van der Waals surface area contributed by atoms with Crippen molar-refractivity contribution < 1.29 is 22.7 Å². The molecule has 1 N–H and O–H groups in total. The summed E-state index contributed by atoms with van der Waals surface area (Å²) in [4.78, 5) is 28.9. The molecule has 0 aliphatic rings. The van der Waals surface area contributed by atoms with Gasteiger partial charge >= 0.3 is 0 Å². The van der Waals surface area contributed by atoms with E-state index in [-0.39, 0.29) is 29.0 Å². The Labute approximate surface area is 248 Å². The highest BCUT2D eigenvalue weighted by molar-refractivity contribution is 7.92. The van der Waals surface area contributed by atoms with Gasteiger partial charge in [0.05, 0.1) is 17.7 Å². The molecular formula is C31H38ClN3O5S. The summed E-state index contributed by atoms with van der Waals surface area (Å²) in [5.41, 5.74) is 2.07. The maximum absolute atomic E-state index is 14.1. The normalized spacial score (nSPS) is 12.1. The van der Waals surface area contributed by atoms with E-state index in [0.717, 1.165) is 15.4 Å². The third-order valence-electron chi connectivity index (χ3n) is 6.53. The van der Waals surface area contributed by atoms with Gasteiger partial charge in [-0.15, -0.1) is 0 Å². The molecule has 8 nitrogen and oxygen atoms in total. The smallest absolute Gasteiger partial charge is 0.264 e. The van der Waals surface area contributed by atoms with Crippen molar-refractivity contribution in [3.8, 4) is 5.75 Å². The van der Waals surface area contributed by atoms with E-state index in [1.54, 1.807) is 30.3 Å². The van der Waals surface area contributed by atoms with Crippen molar-refractivity contribution >= 4 is 39.1 Å². The number of methoxy groups -OCH3 is 1. The molecule has 41 heavy (non-hydrogen) atoms. The van der Waals surface area contributed by atoms with Crippen LogP contribution in [0.2, 0.25) is 5.02 Å². The number of carbonyl (C=O) groups excluding carboxylic acids is 2. The molecule has 0 spiro atoms. The summed E-state index contributed by atoms with van der Waals surface area (Å²) in [5.74, 6) is -0.0770. The molecule has 0 aliphatic heterocycles. The number of carbonyl (C=O) groups is 2. The molecule has 0 saturated carbocycles. The molecule has 220 valence electrons. The number of nitrogens with zero attached hydrogens (tertiary/aromatic N) is 2. The van der Waals surface area contributed by atoms with Crippen molar-refractivity contribution in [1.29, 1.82) is 0 Å². The monoisotopic (exact) mass is 599 g/mol. The molecule has 0 aliphatic carbocycles. The Balaban J connectivity index is 2.05. The van der Waals surface area contributed by atoms with E-state index in [4.69, 9.17) is 16.3 Å². The van der Waals surface area contributed by atoms with Crippen LogP contribution in [0.1, 0.15) is 38.3 Å². The molecular weight excluding hydrogens is 562 g/mol. The fraction of sp³-hybridized carbons (Fsp3) is 0.355. The minimum absolute atomic E-state index is 0.0157. The molecule has 0 aromatic heterocycles. The minimum atomic E-state index is -4.21. The van der Waals surface area contributed by atoms with Crippen LogP contribution in [0.25, 0.3) is 0 Å². The minimum Gasteiger partial charge on any atom is -0.497 e. The number of amides is 2. The first-order chi connectivity index (χ1) is 19.5. The Morgan fingerprint density at radius 1 is 1.00 bits per heavy atom. The number of sulfonamides is 1. The van der Waals surface area contributed by atoms with Crippen molar-refractivity contribution in [2.45, 2.75) is 51.6 Å². The van der Waals surface area contributed by atoms with Crippen molar-refractivity contribution in [3.63, 3.8) is 0 Å². The van der Waals surface area contributed by atoms with Gasteiger partial charge in [-0.05, 0) is 67.3 Å². The lowest BCUT2D eigenvalue weighted by Crippen LogP contribution is -2.52. The van der Waals surface area contributed by atoms with E-state index in [0.29, 0.717) is 23.7 Å². The third kappa shape index (κ3) is 8.47. The van der Waals surface area contributed by atoms with E-state index >= 15 is 0 Å². The molecule has 0 bridgehead atoms. The van der Waals surface area contributed by atoms with Gasteiger partial charge in [0.25, 0.3) is 10.0 Å². The predicted octanol–water partition coefficient (Wildman–Crippen LogP) is 5.43. The third-order valence-corrected chi connectivity index (χ3v) is 8.55. The standard InChI is InChI=1S/C31H38ClN3O5S/c1-6-29(31(37)33-19-22(2)3)34(20-24-10-7-9-23(4)17-24)30(36)21-35(26-12-8-11-25(32)18-26)41(38,39)28-15-13-27(40-5)14-16-28/h7-18,22,29H,6,19-21H2,1-5H3,(H,33,37)/t29-/m1/s1. The van der Waals surface area contributed by atoms with Crippen LogP contribution in [0.4, 0.5) is 5.69 Å². The number of rotatable bonds is 13. The first kappa shape index (κ1) is 32.0. The fourth-order valence-corrected chi connectivity index (χ4v) is 5.97. The van der Waals surface area contributed by atoms with Crippen molar-refractivity contribution in [3.05, 3.63) is 88.9 Å². The summed E-state index contributed by atoms with van der Waals surface area (Å²) in [5, 5.41) is 3.25. The fourth-order valence-electron chi connectivity index (χ4n) is 4.38. The quantitative estimate of drug-likeness (QED) is 0.283. The van der Waals surface area contributed by atoms with E-state index in [1.165, 1.54) is 30.2 Å². The molecule has 0 saturated heterocycles. The SMILES string of the molecule is CC[C@H](C(=O)NCC(C)C)N(Cc1cccc(C)c1)C(=O)CN(c1cccc(Cl)c1)S(=O)(=O)c1ccc(OC)cc1. The summed E-state index contributed by atoms with van der Waals surface area (Å²) in [6.45, 7) is 7.83. The van der Waals surface area contributed by atoms with Crippen LogP contribution in [-0.2, 0) is 26.2 Å². The van der Waals surface area contributed by atoms with Crippen molar-refractivity contribution in [1.82, 2.24) is 10.2 Å². The summed E-state index contributed by atoms with van der Waals surface area (Å²) >= 11 is 6.23. The van der Waals surface area contributed by atoms with Gasteiger partial charge in [-0.25, -0.2) is 8.42 Å². The number of halogens is 1. The molecule has 0 unspecified atom stereocenters. The second kappa shape index (κ2) is 14.4. The van der Waals surface area contributed by atoms with Gasteiger partial charge < -0.3 is 15.0 Å². The van der Waals surface area contributed by atoms with Crippen LogP contribution >= 0.6 is 11.6 Å². The molecule has 3 rings (SSSR count). The zero-order chi connectivity index (χ0) is 30.2. The van der Waals surface area contributed by atoms with E-state index in [9.17, 15) is 18.0 Å². The topological polar surface area (TPSA) is 96.0 Å². The Hall–Kier alpha value is -3.56. The van der Waals surface area contributed by atoms with Crippen molar-refractivity contribution in [2.24, 2.45) is 5.92 Å². The van der Waals surface area contributed by atoms with Gasteiger partial charge in [0.1, 0.15) is 18.3 Å². The second-order valence-electron chi connectivity index (χ2n) is 10.2. The highest BCUT2D eigenvalue weighted by Gasteiger charge is 2.33. The molecule has 3 aromatic carbocycles. The summed E-state index contributed by atoms with van der Waals surface area (Å²) < 4.78 is 34.1. The van der Waals surface area contributed by atoms with E-state index in [2.05, 4.69) is 5.32 Å². The summed E-state index contributed by atoms with van der Waals surface area (Å²) in [7, 11) is -2.72. The number of aryl methyl sites for hydroxylation is 1. The molecule has 3 aromatic rings. The Morgan fingerprint density at radius 3 is 2.27 bits per heavy atom. The molecule has 0 fully saturated rings. The van der Waals surface area contributed by atoms with E-state index < -0.39 is 28.5 Å². The second-order valence-corrected chi connectivity index (χ2v) is 12.5. The first-order valence-corrected chi connectivity index (χ1v) is 15.3. The average Bonchev–Trinajstić information content (AvgIpc) is 2.94. The largest absolute Gasteiger partial charge is 0.497 e. The molecule has 1 atom stereocenters. The van der Waals surface area contributed by atoms with Crippen LogP contribution in [-0.4, -0.2) is 51.4 Å². The van der Waals surface area contributed by atoms with Gasteiger partial charge in [-0.1, -0.05) is 68.3 Å². The molecule has 0 heterocycles. The molecule has 0 radical (unpaired) electrons. The molecule has 10 heteroatoms. The summed E-state index contributed by atoms with van der Waals surface area (Å²) in [6.07, 6.45) is 0.351. The van der Waals surface area contributed by atoms with Gasteiger partial charge in [-0.3, -0.25) is 13.9 Å². The maximum Gasteiger partial charge on any atom is 0.264 e. The molecule has 2 amide bonds. The zero-order valence-electron chi connectivity index (χ0n) is 24.1. The highest BCUT2D eigenvalue weighted by Crippen LogP contribution is 2.28. The van der Waals surface area contributed by atoms with Crippen LogP contribution < -0.4 is 14.4 Å². The maximum atomic E-state index is 14.1. The lowest BCUT2D eigenvalue weighted by atomic mass is 10.1. The van der Waals surface area contributed by atoms with Crippen LogP contribution in [0, 0.1) is 12.8 Å². The van der Waals surface area contributed by atoms with Gasteiger partial charge in [0, 0.05) is 18.1 Å². The number of hydrogen-bond acceptors (Lipinski definition) is 5. The highest BCUT2D eigenvalue weighted by atomic mass is 35.5.